The Balaban J connectivity index is 1.69. The Morgan fingerprint density at radius 2 is 1.53 bits per heavy atom. The van der Waals surface area contributed by atoms with Gasteiger partial charge in [0.2, 0.25) is 11.8 Å². The lowest BCUT2D eigenvalue weighted by atomic mass is 10.1. The Hall–Kier alpha value is -2.66. The van der Waals surface area contributed by atoms with Crippen LogP contribution in [0.3, 0.4) is 0 Å². The molecule has 0 spiro atoms. The predicted molar refractivity (Wildman–Crippen MR) is 131 cm³/mol. The minimum absolute atomic E-state index is 0.0813. The first kappa shape index (κ1) is 24.0. The standard InChI is InChI=1S/C27H37N3O2/c1-23(31)30-19-12-5-3-4-11-18-29(21-25-15-9-10-16-26(25)30)22-27(32)28(2)20-17-24-13-7-6-8-14-24/h6-10,13-16H,3-5,11-12,17-22H2,1-2H3. The number of amides is 2. The van der Waals surface area contributed by atoms with Crippen LogP contribution in [-0.2, 0) is 22.6 Å². The molecule has 0 aromatic heterocycles. The quantitative estimate of drug-likeness (QED) is 0.694. The van der Waals surface area contributed by atoms with Gasteiger partial charge in [-0.2, -0.15) is 0 Å². The van der Waals surface area contributed by atoms with E-state index in [2.05, 4.69) is 23.1 Å². The molecule has 0 bridgehead atoms. The molecule has 0 unspecified atom stereocenters. The maximum atomic E-state index is 13.0. The summed E-state index contributed by atoms with van der Waals surface area (Å²) in [5, 5.41) is 0. The van der Waals surface area contributed by atoms with E-state index in [1.54, 1.807) is 6.92 Å². The average molecular weight is 436 g/mol. The number of hydrogen-bond acceptors (Lipinski definition) is 3. The van der Waals surface area contributed by atoms with Gasteiger partial charge in [0, 0.05) is 39.3 Å². The van der Waals surface area contributed by atoms with E-state index in [-0.39, 0.29) is 11.8 Å². The summed E-state index contributed by atoms with van der Waals surface area (Å²) in [6.45, 7) is 5.09. The van der Waals surface area contributed by atoms with E-state index in [1.165, 1.54) is 12.0 Å². The molecule has 2 aromatic rings. The molecule has 5 heteroatoms. The zero-order valence-electron chi connectivity index (χ0n) is 19.6. The van der Waals surface area contributed by atoms with Gasteiger partial charge in [-0.25, -0.2) is 0 Å². The number of benzene rings is 2. The van der Waals surface area contributed by atoms with Gasteiger partial charge in [0.1, 0.15) is 0 Å². The highest BCUT2D eigenvalue weighted by Crippen LogP contribution is 2.24. The second-order valence-electron chi connectivity index (χ2n) is 8.83. The maximum Gasteiger partial charge on any atom is 0.236 e. The second-order valence-corrected chi connectivity index (χ2v) is 8.83. The van der Waals surface area contributed by atoms with Crippen LogP contribution in [0.5, 0.6) is 0 Å². The number of fused-ring (bicyclic) bond motifs is 1. The number of carbonyl (C=O) groups is 2. The van der Waals surface area contributed by atoms with Crippen LogP contribution < -0.4 is 4.90 Å². The fraction of sp³-hybridized carbons (Fsp3) is 0.481. The van der Waals surface area contributed by atoms with Crippen molar-refractivity contribution in [3.8, 4) is 0 Å². The lowest BCUT2D eigenvalue weighted by molar-refractivity contribution is -0.131. The third-order valence-electron chi connectivity index (χ3n) is 6.28. The highest BCUT2D eigenvalue weighted by molar-refractivity contribution is 5.92. The maximum absolute atomic E-state index is 13.0. The molecule has 32 heavy (non-hydrogen) atoms. The number of anilines is 1. The molecule has 1 aliphatic rings. The fourth-order valence-electron chi connectivity index (χ4n) is 4.32. The van der Waals surface area contributed by atoms with E-state index < -0.39 is 0 Å². The number of hydrogen-bond donors (Lipinski definition) is 0. The summed E-state index contributed by atoms with van der Waals surface area (Å²) in [6, 6.07) is 18.4. The minimum atomic E-state index is 0.0813. The molecule has 0 N–H and O–H groups in total. The molecule has 1 aliphatic heterocycles. The van der Waals surface area contributed by atoms with Crippen molar-refractivity contribution in [3.05, 3.63) is 65.7 Å². The lowest BCUT2D eigenvalue weighted by Crippen LogP contribution is -2.40. The van der Waals surface area contributed by atoms with E-state index in [1.807, 2.05) is 53.2 Å². The van der Waals surface area contributed by atoms with E-state index in [0.717, 1.165) is 56.4 Å². The van der Waals surface area contributed by atoms with E-state index in [0.29, 0.717) is 19.6 Å². The van der Waals surface area contributed by atoms with E-state index >= 15 is 0 Å². The fourth-order valence-corrected chi connectivity index (χ4v) is 4.32. The van der Waals surface area contributed by atoms with Crippen LogP contribution in [0, 0.1) is 0 Å². The molecule has 0 radical (unpaired) electrons. The van der Waals surface area contributed by atoms with Gasteiger partial charge >= 0.3 is 0 Å². The molecule has 0 atom stereocenters. The largest absolute Gasteiger partial charge is 0.344 e. The van der Waals surface area contributed by atoms with Gasteiger partial charge in [0.25, 0.3) is 0 Å². The summed E-state index contributed by atoms with van der Waals surface area (Å²) in [6.07, 6.45) is 6.46. The zero-order valence-corrected chi connectivity index (χ0v) is 19.6. The van der Waals surface area contributed by atoms with Gasteiger partial charge in [-0.05, 0) is 43.0 Å². The SMILES string of the molecule is CC(=O)N1CCCCCCCN(CC(=O)N(C)CCc2ccccc2)Cc2ccccc21. The first-order valence-electron chi connectivity index (χ1n) is 11.9. The number of nitrogens with zero attached hydrogens (tertiary/aromatic N) is 3. The van der Waals surface area contributed by atoms with Gasteiger partial charge < -0.3 is 9.80 Å². The molecule has 0 saturated heterocycles. The highest BCUT2D eigenvalue weighted by atomic mass is 16.2. The van der Waals surface area contributed by atoms with Gasteiger partial charge in [0.15, 0.2) is 0 Å². The molecule has 0 fully saturated rings. The number of para-hydroxylation sites is 1. The Labute approximate surface area is 193 Å². The van der Waals surface area contributed by atoms with E-state index in [9.17, 15) is 9.59 Å². The van der Waals surface area contributed by atoms with Crippen molar-refractivity contribution in [2.75, 3.05) is 38.1 Å². The van der Waals surface area contributed by atoms with Crippen molar-refractivity contribution in [2.24, 2.45) is 0 Å². The van der Waals surface area contributed by atoms with Gasteiger partial charge in [-0.3, -0.25) is 14.5 Å². The van der Waals surface area contributed by atoms with Crippen molar-refractivity contribution in [1.29, 1.82) is 0 Å². The summed E-state index contributed by atoms with van der Waals surface area (Å²) in [4.78, 5) is 31.4. The summed E-state index contributed by atoms with van der Waals surface area (Å²) >= 11 is 0. The minimum Gasteiger partial charge on any atom is -0.344 e. The summed E-state index contributed by atoms with van der Waals surface area (Å²) in [7, 11) is 1.90. The average Bonchev–Trinajstić information content (AvgIpc) is 2.79. The molecular formula is C27H37N3O2. The van der Waals surface area contributed by atoms with Crippen LogP contribution >= 0.6 is 0 Å². The highest BCUT2D eigenvalue weighted by Gasteiger charge is 2.20. The second kappa shape index (κ2) is 12.4. The van der Waals surface area contributed by atoms with Crippen LogP contribution in [0.15, 0.2) is 54.6 Å². The third kappa shape index (κ3) is 7.20. The first-order chi connectivity index (χ1) is 15.5. The Kier molecular flexibility index (Phi) is 9.29. The summed E-state index contributed by atoms with van der Waals surface area (Å²) in [5.41, 5.74) is 3.34. The van der Waals surface area contributed by atoms with Gasteiger partial charge in [0.05, 0.1) is 6.54 Å². The monoisotopic (exact) mass is 435 g/mol. The molecule has 0 saturated carbocycles. The van der Waals surface area contributed by atoms with Crippen molar-refractivity contribution >= 4 is 17.5 Å². The number of rotatable bonds is 5. The Morgan fingerprint density at radius 1 is 0.875 bits per heavy atom. The van der Waals surface area contributed by atoms with Crippen LogP contribution in [0.25, 0.3) is 0 Å². The topological polar surface area (TPSA) is 43.9 Å². The van der Waals surface area contributed by atoms with Gasteiger partial charge in [-0.1, -0.05) is 67.8 Å². The Morgan fingerprint density at radius 3 is 2.28 bits per heavy atom. The molecule has 5 nitrogen and oxygen atoms in total. The van der Waals surface area contributed by atoms with Crippen LogP contribution in [-0.4, -0.2) is 54.8 Å². The van der Waals surface area contributed by atoms with Crippen LogP contribution in [0.2, 0.25) is 0 Å². The van der Waals surface area contributed by atoms with Crippen LogP contribution in [0.1, 0.15) is 50.2 Å². The van der Waals surface area contributed by atoms with Gasteiger partial charge in [-0.15, -0.1) is 0 Å². The van der Waals surface area contributed by atoms with Crippen LogP contribution in [0.4, 0.5) is 5.69 Å². The molecular weight excluding hydrogens is 398 g/mol. The molecule has 172 valence electrons. The van der Waals surface area contributed by atoms with Crippen molar-refractivity contribution in [2.45, 2.75) is 52.0 Å². The first-order valence-corrected chi connectivity index (χ1v) is 11.9. The number of carbonyl (C=O) groups excluding carboxylic acids is 2. The molecule has 0 aliphatic carbocycles. The Bertz CT molecular complexity index is 868. The van der Waals surface area contributed by atoms with Crippen molar-refractivity contribution < 1.29 is 9.59 Å². The van der Waals surface area contributed by atoms with Crippen molar-refractivity contribution in [1.82, 2.24) is 9.80 Å². The third-order valence-corrected chi connectivity index (χ3v) is 6.28. The normalized spacial score (nSPS) is 15.9. The smallest absolute Gasteiger partial charge is 0.236 e. The lowest BCUT2D eigenvalue weighted by Gasteiger charge is -2.29. The molecule has 2 aromatic carbocycles. The summed E-state index contributed by atoms with van der Waals surface area (Å²) < 4.78 is 0. The van der Waals surface area contributed by atoms with Crippen molar-refractivity contribution in [3.63, 3.8) is 0 Å². The zero-order chi connectivity index (χ0) is 22.8. The summed E-state index contributed by atoms with van der Waals surface area (Å²) in [5.74, 6) is 0.228. The number of likely N-dealkylation sites (N-methyl/N-ethyl adjacent to an activating group) is 1. The molecule has 2 amide bonds. The molecule has 1 heterocycles. The molecule has 3 rings (SSSR count). The van der Waals surface area contributed by atoms with E-state index in [4.69, 9.17) is 0 Å². The predicted octanol–water partition coefficient (Wildman–Crippen LogP) is 4.51.